The van der Waals surface area contributed by atoms with Crippen LogP contribution in [0.25, 0.3) is 0 Å². The Bertz CT molecular complexity index is 1340. The number of ether oxygens (including phenoxy) is 4. The number of para-hydroxylation sites is 1. The van der Waals surface area contributed by atoms with Crippen LogP contribution in [0.1, 0.15) is 38.3 Å². The number of nitrogens with one attached hydrogen (secondary N) is 1. The monoisotopic (exact) mass is 568 g/mol. The summed E-state index contributed by atoms with van der Waals surface area (Å²) in [6.45, 7) is -0.893. The Hall–Kier alpha value is -2.80. The summed E-state index contributed by atoms with van der Waals surface area (Å²) >= 11 is 7.46. The van der Waals surface area contributed by atoms with Crippen molar-refractivity contribution in [2.45, 2.75) is 61.1 Å². The average Bonchev–Trinajstić information content (AvgIpc) is 3.46. The van der Waals surface area contributed by atoms with E-state index in [2.05, 4.69) is 4.98 Å². The van der Waals surface area contributed by atoms with E-state index in [9.17, 15) is 19.5 Å². The van der Waals surface area contributed by atoms with Crippen molar-refractivity contribution < 1.29 is 33.2 Å². The molecule has 3 fully saturated rings. The third-order valence-electron chi connectivity index (χ3n) is 6.91. The van der Waals surface area contributed by atoms with Crippen LogP contribution >= 0.6 is 23.4 Å². The van der Waals surface area contributed by atoms with Crippen molar-refractivity contribution in [2.24, 2.45) is 0 Å². The first-order valence-electron chi connectivity index (χ1n) is 12.2. The Labute approximate surface area is 225 Å². The quantitative estimate of drug-likeness (QED) is 0.266. The number of alkyl halides is 1. The fourth-order valence-corrected chi connectivity index (χ4v) is 6.35. The van der Waals surface area contributed by atoms with E-state index in [1.807, 2.05) is 0 Å². The molecule has 0 amide bonds. The zero-order chi connectivity index (χ0) is 26.9. The lowest BCUT2D eigenvalue weighted by Crippen LogP contribution is -2.54. The summed E-state index contributed by atoms with van der Waals surface area (Å²) in [5.41, 5.74) is -1.42. The topological polar surface area (TPSA) is 129 Å². The van der Waals surface area contributed by atoms with Gasteiger partial charge in [-0.1, -0.05) is 23.7 Å². The Kier molecular flexibility index (Phi) is 7.58. The molecule has 3 heterocycles. The van der Waals surface area contributed by atoms with Gasteiger partial charge in [-0.05, 0) is 50.0 Å². The average molecular weight is 569 g/mol. The van der Waals surface area contributed by atoms with Gasteiger partial charge in [-0.3, -0.25) is 19.1 Å². The predicted molar refractivity (Wildman–Crippen MR) is 136 cm³/mol. The van der Waals surface area contributed by atoms with E-state index in [0.717, 1.165) is 36.3 Å². The summed E-state index contributed by atoms with van der Waals surface area (Å²) in [4.78, 5) is 38.1. The van der Waals surface area contributed by atoms with Crippen molar-refractivity contribution in [2.75, 3.05) is 12.4 Å². The third kappa shape index (κ3) is 4.97. The molecule has 13 heteroatoms. The van der Waals surface area contributed by atoms with E-state index >= 15 is 4.39 Å². The number of rotatable bonds is 9. The van der Waals surface area contributed by atoms with E-state index in [-0.39, 0.29) is 22.6 Å². The summed E-state index contributed by atoms with van der Waals surface area (Å²) < 4.78 is 39.0. The maximum Gasteiger partial charge on any atom is 0.332 e. The number of benzene rings is 1. The number of thioether (sulfide) groups is 1. The number of nitrogens with zero attached hydrogens (tertiary/aromatic N) is 1. The smallest absolute Gasteiger partial charge is 0.332 e. The molecular weight excluding hydrogens is 543 g/mol. The van der Waals surface area contributed by atoms with Crippen LogP contribution < -0.4 is 16.0 Å². The molecule has 10 nitrogen and oxygen atoms in total. The molecule has 2 aromatic rings. The number of aromatic amines is 1. The molecular formula is C25H26ClFN2O8S. The van der Waals surface area contributed by atoms with Crippen LogP contribution in [-0.2, 0) is 19.0 Å². The second-order valence-electron chi connectivity index (χ2n) is 9.34. The van der Waals surface area contributed by atoms with Crippen LogP contribution in [0.3, 0.4) is 0 Å². The molecule has 0 unspecified atom stereocenters. The number of carbonyl (C=O) groups is 1. The normalized spacial score (nSPS) is 29.6. The van der Waals surface area contributed by atoms with E-state index in [0.29, 0.717) is 18.5 Å². The number of halogens is 2. The number of allylic oxidation sites excluding steroid dienone is 1. The predicted octanol–water partition coefficient (Wildman–Crippen LogP) is 3.04. The van der Waals surface area contributed by atoms with Crippen molar-refractivity contribution >= 4 is 29.6 Å². The van der Waals surface area contributed by atoms with Crippen LogP contribution in [0.5, 0.6) is 5.75 Å². The van der Waals surface area contributed by atoms with Crippen molar-refractivity contribution in [3.05, 3.63) is 74.1 Å². The Balaban J connectivity index is 1.43. The van der Waals surface area contributed by atoms with Gasteiger partial charge in [0.15, 0.2) is 19.1 Å². The lowest BCUT2D eigenvalue weighted by atomic mass is 9.93. The van der Waals surface area contributed by atoms with Gasteiger partial charge in [-0.2, -0.15) is 0 Å². The number of aliphatic hydroxyl groups excluding tert-OH is 1. The summed E-state index contributed by atoms with van der Waals surface area (Å²) in [5.74, 6) is -2.77. The third-order valence-corrected chi connectivity index (χ3v) is 8.79. The zero-order valence-electron chi connectivity index (χ0n) is 20.1. The Morgan fingerprint density at radius 1 is 1.29 bits per heavy atom. The zero-order valence-corrected chi connectivity index (χ0v) is 21.7. The molecule has 4 atom stereocenters. The number of hydrogen-bond acceptors (Lipinski definition) is 9. The highest BCUT2D eigenvalue weighted by Crippen LogP contribution is 2.60. The molecule has 1 saturated carbocycles. The molecule has 0 radical (unpaired) electrons. The Morgan fingerprint density at radius 2 is 2.03 bits per heavy atom. The van der Waals surface area contributed by atoms with Crippen LogP contribution in [0.15, 0.2) is 57.8 Å². The maximum absolute atomic E-state index is 16.3. The highest BCUT2D eigenvalue weighted by atomic mass is 35.5. The molecule has 0 bridgehead atoms. The first-order valence-corrected chi connectivity index (χ1v) is 13.5. The number of hydrogen-bond donors (Lipinski definition) is 2. The van der Waals surface area contributed by atoms with Gasteiger partial charge < -0.3 is 24.1 Å². The molecule has 1 aliphatic carbocycles. The second-order valence-corrected chi connectivity index (χ2v) is 11.2. The minimum absolute atomic E-state index is 0.142. The number of aldehydes is 1. The molecule has 5 rings (SSSR count). The van der Waals surface area contributed by atoms with Gasteiger partial charge in [0.05, 0.1) is 15.9 Å². The highest BCUT2D eigenvalue weighted by Gasteiger charge is 2.68. The molecule has 1 aromatic carbocycles. The lowest BCUT2D eigenvalue weighted by Gasteiger charge is -2.43. The largest absolute Gasteiger partial charge is 0.481 e. The van der Waals surface area contributed by atoms with Crippen LogP contribution in [-0.4, -0.2) is 56.1 Å². The van der Waals surface area contributed by atoms with Crippen LogP contribution in [0, 0.1) is 0 Å². The lowest BCUT2D eigenvalue weighted by molar-refractivity contribution is -0.215. The highest BCUT2D eigenvalue weighted by molar-refractivity contribution is 8.02. The minimum Gasteiger partial charge on any atom is -0.481 e. The van der Waals surface area contributed by atoms with Crippen molar-refractivity contribution in [1.82, 2.24) is 9.55 Å². The van der Waals surface area contributed by atoms with Gasteiger partial charge in [0.25, 0.3) is 11.4 Å². The fraction of sp³-hybridized carbons (Fsp3) is 0.480. The molecule has 204 valence electrons. The van der Waals surface area contributed by atoms with E-state index in [1.165, 1.54) is 24.0 Å². The first kappa shape index (κ1) is 26.8. The number of carbonyl (C=O) groups excluding carboxylic acids is 1. The van der Waals surface area contributed by atoms with Gasteiger partial charge in [0.2, 0.25) is 5.76 Å². The molecule has 38 heavy (non-hydrogen) atoms. The molecule has 3 aliphatic rings. The van der Waals surface area contributed by atoms with E-state index in [1.54, 1.807) is 18.2 Å². The SMILES string of the molecule is O=C/C(OC1CCCC1)=C(/OC[C@@]1(F)O[C@@H](n2ccc(=O)[nH]c2=O)[C@@]2(CCS2)[C@@H]1O)Oc1ccccc1Cl. The standard InChI is InChI=1S/C25H26ClFN2O8S/c26-16-7-3-4-8-17(16)36-20(18(13-30)35-15-5-1-2-6-15)34-14-25(27)21(32)24(10-12-38-24)22(37-25)29-11-9-19(31)28-23(29)33/h3-4,7-9,11,13,15,21-22,32H,1-2,5-6,10,12,14H2,(H,28,31,33)/b20-18+/t21-,22+,24+,25+/m0/s1. The van der Waals surface area contributed by atoms with Crippen molar-refractivity contribution in [3.63, 3.8) is 0 Å². The van der Waals surface area contributed by atoms with E-state index < -0.39 is 46.7 Å². The van der Waals surface area contributed by atoms with Gasteiger partial charge in [0.1, 0.15) is 11.9 Å². The van der Waals surface area contributed by atoms with Crippen molar-refractivity contribution in [3.8, 4) is 5.75 Å². The number of aliphatic hydroxyl groups is 1. The molecule has 1 spiro atoms. The van der Waals surface area contributed by atoms with Gasteiger partial charge in [-0.15, -0.1) is 11.8 Å². The summed E-state index contributed by atoms with van der Waals surface area (Å²) in [5, 5.41) is 11.3. The number of aromatic nitrogens is 2. The second kappa shape index (κ2) is 10.8. The summed E-state index contributed by atoms with van der Waals surface area (Å²) in [6.07, 6.45) is 2.13. The first-order chi connectivity index (χ1) is 18.3. The van der Waals surface area contributed by atoms with Crippen molar-refractivity contribution in [1.29, 1.82) is 0 Å². The number of H-pyrrole nitrogens is 1. The van der Waals surface area contributed by atoms with Crippen LogP contribution in [0.2, 0.25) is 5.02 Å². The Morgan fingerprint density at radius 3 is 2.66 bits per heavy atom. The van der Waals surface area contributed by atoms with Gasteiger partial charge >= 0.3 is 11.6 Å². The van der Waals surface area contributed by atoms with Crippen LogP contribution in [0.4, 0.5) is 4.39 Å². The maximum atomic E-state index is 16.3. The molecule has 1 aromatic heterocycles. The summed E-state index contributed by atoms with van der Waals surface area (Å²) in [6, 6.07) is 7.55. The summed E-state index contributed by atoms with van der Waals surface area (Å²) in [7, 11) is 0. The van der Waals surface area contributed by atoms with E-state index in [4.69, 9.17) is 30.5 Å². The molecule has 2 saturated heterocycles. The fourth-order valence-electron chi connectivity index (χ4n) is 4.87. The molecule has 2 aliphatic heterocycles. The van der Waals surface area contributed by atoms with Gasteiger partial charge in [0, 0.05) is 12.3 Å². The minimum atomic E-state index is -2.80. The van der Waals surface area contributed by atoms with Gasteiger partial charge in [-0.25, -0.2) is 9.18 Å². The molecule has 2 N–H and O–H groups in total.